The van der Waals surface area contributed by atoms with Gasteiger partial charge in [-0.2, -0.15) is 0 Å². The van der Waals surface area contributed by atoms with Gasteiger partial charge in [-0.3, -0.25) is 14.9 Å². The second-order valence-electron chi connectivity index (χ2n) is 11.0. The van der Waals surface area contributed by atoms with Crippen molar-refractivity contribution in [3.05, 3.63) is 112 Å². The van der Waals surface area contributed by atoms with Crippen LogP contribution in [0.25, 0.3) is 22.2 Å². The zero-order valence-electron chi connectivity index (χ0n) is 26.7. The molecule has 0 saturated heterocycles. The molecule has 0 aliphatic heterocycles. The number of imidazole rings is 1. The SMILES string of the molecule is CCCCn1c(CCOC)nc2cc(-c3ccc(C(=O)NS(=O)(=O)c4ccc(NCCSc5ccccc5)c([N+](=O)[O-])c4)cc3)ccc21. The van der Waals surface area contributed by atoms with Gasteiger partial charge in [-0.1, -0.05) is 49.7 Å². The quantitative estimate of drug-likeness (QED) is 0.0488. The number of nitro groups is 1. The molecule has 0 atom stereocenters. The van der Waals surface area contributed by atoms with Crippen molar-refractivity contribution in [2.75, 3.05) is 31.3 Å². The number of nitrogens with one attached hydrogen (secondary N) is 2. The van der Waals surface area contributed by atoms with Gasteiger partial charge in [0.15, 0.2) is 0 Å². The number of thioether (sulfide) groups is 1. The first-order chi connectivity index (χ1) is 23.2. The molecule has 0 radical (unpaired) electrons. The van der Waals surface area contributed by atoms with E-state index in [1.165, 1.54) is 24.3 Å². The molecular weight excluding hydrogens is 651 g/mol. The second kappa shape index (κ2) is 15.9. The lowest BCUT2D eigenvalue weighted by molar-refractivity contribution is -0.384. The van der Waals surface area contributed by atoms with Crippen molar-refractivity contribution in [3.63, 3.8) is 0 Å². The van der Waals surface area contributed by atoms with Crippen LogP contribution in [0.1, 0.15) is 35.9 Å². The summed E-state index contributed by atoms with van der Waals surface area (Å²) in [7, 11) is -2.73. The fourth-order valence-electron chi connectivity index (χ4n) is 5.21. The van der Waals surface area contributed by atoms with Crippen LogP contribution in [0, 0.1) is 10.1 Å². The van der Waals surface area contributed by atoms with Crippen molar-refractivity contribution >= 4 is 50.1 Å². The van der Waals surface area contributed by atoms with Crippen molar-refractivity contribution in [2.24, 2.45) is 0 Å². The van der Waals surface area contributed by atoms with Gasteiger partial charge in [0.2, 0.25) is 0 Å². The maximum atomic E-state index is 13.1. The Morgan fingerprint density at radius 3 is 2.46 bits per heavy atom. The Morgan fingerprint density at radius 2 is 1.75 bits per heavy atom. The summed E-state index contributed by atoms with van der Waals surface area (Å²) in [6.45, 7) is 4.03. The minimum atomic E-state index is -4.40. The zero-order valence-corrected chi connectivity index (χ0v) is 28.4. The highest BCUT2D eigenvalue weighted by atomic mass is 32.2. The normalized spacial score (nSPS) is 11.5. The van der Waals surface area contributed by atoms with Crippen LogP contribution >= 0.6 is 11.8 Å². The molecule has 13 heteroatoms. The minimum Gasteiger partial charge on any atom is -0.384 e. The largest absolute Gasteiger partial charge is 0.384 e. The summed E-state index contributed by atoms with van der Waals surface area (Å²) in [6.07, 6.45) is 2.82. The predicted molar refractivity (Wildman–Crippen MR) is 189 cm³/mol. The maximum absolute atomic E-state index is 13.1. The number of benzene rings is 4. The number of aromatic nitrogens is 2. The van der Waals surface area contributed by atoms with E-state index in [0.29, 0.717) is 25.3 Å². The standard InChI is InChI=1S/C35H37N5O6S2/c1-3-4-20-39-32-17-14-27(23-31(32)37-34(39)18-21-46-2)25-10-12-26(13-11-25)35(41)38-48(44,45)29-15-16-30(33(24-29)40(42)43)36-19-22-47-28-8-6-5-7-9-28/h5-17,23-24,36H,3-4,18-22H2,1-2H3,(H,38,41). The van der Waals surface area contributed by atoms with E-state index in [4.69, 9.17) is 9.72 Å². The number of nitro benzene ring substituents is 1. The van der Waals surface area contributed by atoms with E-state index in [1.54, 1.807) is 31.0 Å². The van der Waals surface area contributed by atoms with E-state index in [0.717, 1.165) is 58.3 Å². The number of carbonyl (C=O) groups is 1. The lowest BCUT2D eigenvalue weighted by atomic mass is 10.0. The van der Waals surface area contributed by atoms with Gasteiger partial charge < -0.3 is 14.6 Å². The molecule has 1 heterocycles. The number of nitrogens with zero attached hydrogens (tertiary/aromatic N) is 3. The highest BCUT2D eigenvalue weighted by Crippen LogP contribution is 2.29. The lowest BCUT2D eigenvalue weighted by Gasteiger charge is -2.11. The first-order valence-electron chi connectivity index (χ1n) is 15.6. The molecule has 5 rings (SSSR count). The first-order valence-corrected chi connectivity index (χ1v) is 18.0. The van der Waals surface area contributed by atoms with Crippen molar-refractivity contribution in [1.82, 2.24) is 14.3 Å². The van der Waals surface area contributed by atoms with E-state index >= 15 is 0 Å². The Kier molecular flexibility index (Phi) is 11.5. The number of hydrogen-bond acceptors (Lipinski definition) is 9. The number of carbonyl (C=O) groups excluding carboxylic acids is 1. The van der Waals surface area contributed by atoms with Gasteiger partial charge in [-0.05, 0) is 66.1 Å². The van der Waals surface area contributed by atoms with Gasteiger partial charge in [0.1, 0.15) is 11.5 Å². The number of aryl methyl sites for hydroxylation is 1. The monoisotopic (exact) mass is 687 g/mol. The smallest absolute Gasteiger partial charge is 0.293 e. The van der Waals surface area contributed by atoms with Gasteiger partial charge in [0.05, 0.1) is 27.5 Å². The summed E-state index contributed by atoms with van der Waals surface area (Å²) in [5.41, 5.74) is 3.55. The number of methoxy groups -OCH3 is 1. The molecule has 5 aromatic rings. The van der Waals surface area contributed by atoms with Crippen molar-refractivity contribution in [3.8, 4) is 11.1 Å². The Morgan fingerprint density at radius 1 is 1.00 bits per heavy atom. The predicted octanol–water partition coefficient (Wildman–Crippen LogP) is 6.92. The molecule has 0 fully saturated rings. The third kappa shape index (κ3) is 8.40. The molecule has 0 aliphatic carbocycles. The third-order valence-corrected chi connectivity index (χ3v) is 10.0. The van der Waals surface area contributed by atoms with Crippen LogP contribution in [-0.4, -0.2) is 54.8 Å². The maximum Gasteiger partial charge on any atom is 0.293 e. The van der Waals surface area contributed by atoms with Crippen molar-refractivity contribution in [1.29, 1.82) is 0 Å². The zero-order chi connectivity index (χ0) is 34.1. The van der Waals surface area contributed by atoms with Gasteiger partial charge in [-0.25, -0.2) is 18.1 Å². The van der Waals surface area contributed by atoms with Crippen LogP contribution < -0.4 is 10.0 Å². The Balaban J connectivity index is 1.26. The van der Waals surface area contributed by atoms with Crippen molar-refractivity contribution in [2.45, 2.75) is 42.5 Å². The molecule has 11 nitrogen and oxygen atoms in total. The van der Waals surface area contributed by atoms with Crippen LogP contribution in [0.3, 0.4) is 0 Å². The summed E-state index contributed by atoms with van der Waals surface area (Å²) < 4.78 is 35.7. The summed E-state index contributed by atoms with van der Waals surface area (Å²) in [5.74, 6) is 0.765. The van der Waals surface area contributed by atoms with Crippen LogP contribution in [0.2, 0.25) is 0 Å². The molecule has 0 unspecified atom stereocenters. The number of amides is 1. The number of ether oxygens (including phenoxy) is 1. The Hall–Kier alpha value is -4.72. The third-order valence-electron chi connectivity index (χ3n) is 7.71. The average Bonchev–Trinajstić information content (AvgIpc) is 3.44. The molecule has 1 aromatic heterocycles. The molecule has 0 bridgehead atoms. The molecular formula is C35H37N5O6S2. The molecule has 0 spiro atoms. The van der Waals surface area contributed by atoms with Gasteiger partial charge in [-0.15, -0.1) is 11.8 Å². The lowest BCUT2D eigenvalue weighted by Crippen LogP contribution is -2.30. The number of rotatable bonds is 16. The number of hydrogen-bond donors (Lipinski definition) is 2. The summed E-state index contributed by atoms with van der Waals surface area (Å²) in [5, 5.41) is 14.8. The molecule has 250 valence electrons. The highest BCUT2D eigenvalue weighted by molar-refractivity contribution is 7.99. The van der Waals surface area contributed by atoms with Crippen LogP contribution in [0.5, 0.6) is 0 Å². The molecule has 1 amide bonds. The second-order valence-corrected chi connectivity index (χ2v) is 13.9. The number of sulfonamides is 1. The molecule has 48 heavy (non-hydrogen) atoms. The van der Waals surface area contributed by atoms with Gasteiger partial charge in [0, 0.05) is 48.9 Å². The first kappa shape index (κ1) is 34.6. The Labute approximate surface area is 283 Å². The van der Waals surface area contributed by atoms with Gasteiger partial charge in [0.25, 0.3) is 21.6 Å². The fourth-order valence-corrected chi connectivity index (χ4v) is 7.00. The highest BCUT2D eigenvalue weighted by Gasteiger charge is 2.24. The van der Waals surface area contributed by atoms with Gasteiger partial charge >= 0.3 is 0 Å². The van der Waals surface area contributed by atoms with E-state index in [1.807, 2.05) is 53.3 Å². The molecule has 0 saturated carbocycles. The number of unbranched alkanes of at least 4 members (excludes halogenated alkanes) is 1. The topological polar surface area (TPSA) is 145 Å². The van der Waals surface area contributed by atoms with Crippen molar-refractivity contribution < 1.29 is 22.9 Å². The van der Waals surface area contributed by atoms with Crippen LogP contribution in [0.15, 0.2) is 101 Å². The minimum absolute atomic E-state index is 0.123. The van der Waals surface area contributed by atoms with E-state index in [2.05, 4.69) is 16.8 Å². The van der Waals surface area contributed by atoms with E-state index in [9.17, 15) is 23.3 Å². The van der Waals surface area contributed by atoms with E-state index in [-0.39, 0.29) is 16.1 Å². The summed E-state index contributed by atoms with van der Waals surface area (Å²) >= 11 is 1.59. The molecule has 4 aromatic carbocycles. The number of anilines is 1. The van der Waals surface area contributed by atoms with Crippen LogP contribution in [-0.2, 0) is 27.7 Å². The summed E-state index contributed by atoms with van der Waals surface area (Å²) in [4.78, 5) is 29.7. The Bertz CT molecular complexity index is 2000. The fraction of sp³-hybridized carbons (Fsp3) is 0.257. The molecule has 2 N–H and O–H groups in total. The summed E-state index contributed by atoms with van der Waals surface area (Å²) in [6, 6.07) is 25.9. The number of fused-ring (bicyclic) bond motifs is 1. The van der Waals surface area contributed by atoms with E-state index < -0.39 is 26.5 Å². The van der Waals surface area contributed by atoms with Crippen LogP contribution in [0.4, 0.5) is 11.4 Å². The average molecular weight is 688 g/mol. The molecule has 0 aliphatic rings.